The summed E-state index contributed by atoms with van der Waals surface area (Å²) in [6.07, 6.45) is 0.682. The number of thiazole rings is 1. The summed E-state index contributed by atoms with van der Waals surface area (Å²) in [5.74, 6) is 0.732. The van der Waals surface area contributed by atoms with Crippen LogP contribution in [0.1, 0.15) is 29.2 Å². The summed E-state index contributed by atoms with van der Waals surface area (Å²) in [6.45, 7) is 5.81. The molecule has 4 rings (SSSR count). The molecule has 0 aliphatic carbocycles. The van der Waals surface area contributed by atoms with Crippen LogP contribution in [0.3, 0.4) is 0 Å². The predicted octanol–water partition coefficient (Wildman–Crippen LogP) is 1.67. The van der Waals surface area contributed by atoms with Crippen LogP contribution in [-0.4, -0.2) is 78.9 Å². The first-order valence-electron chi connectivity index (χ1n) is 9.90. The lowest BCUT2D eigenvalue weighted by Crippen LogP contribution is -2.48. The number of aliphatic hydroxyl groups excluding tert-OH is 1. The normalized spacial score (nSPS) is 16.9. The molecule has 30 heavy (non-hydrogen) atoms. The third-order valence-corrected chi connectivity index (χ3v) is 6.49. The molecule has 160 valence electrons. The Hall–Kier alpha value is -2.60. The topological polar surface area (TPSA) is 120 Å². The van der Waals surface area contributed by atoms with Crippen molar-refractivity contribution in [2.24, 2.45) is 0 Å². The van der Waals surface area contributed by atoms with Gasteiger partial charge in [0.05, 0.1) is 22.4 Å². The van der Waals surface area contributed by atoms with Crippen LogP contribution in [0.25, 0.3) is 4.96 Å². The van der Waals surface area contributed by atoms with E-state index in [0.717, 1.165) is 36.6 Å². The maximum atomic E-state index is 11.1. The predicted molar refractivity (Wildman–Crippen MR) is 112 cm³/mol. The van der Waals surface area contributed by atoms with E-state index in [0.29, 0.717) is 23.8 Å². The van der Waals surface area contributed by atoms with Crippen LogP contribution in [-0.2, 0) is 6.42 Å². The molecule has 0 spiro atoms. The van der Waals surface area contributed by atoms with E-state index in [1.165, 1.54) is 28.0 Å². The Labute approximate surface area is 177 Å². The molecule has 1 aromatic carbocycles. The molecule has 1 aliphatic heterocycles. The van der Waals surface area contributed by atoms with E-state index in [2.05, 4.69) is 19.9 Å². The van der Waals surface area contributed by atoms with E-state index in [9.17, 15) is 20.3 Å². The van der Waals surface area contributed by atoms with E-state index in [4.69, 9.17) is 0 Å². The quantitative estimate of drug-likeness (QED) is 0.427. The van der Waals surface area contributed by atoms with Gasteiger partial charge < -0.3 is 10.2 Å². The summed E-state index contributed by atoms with van der Waals surface area (Å²) in [6, 6.07) is 6.22. The zero-order valence-electron chi connectivity index (χ0n) is 16.6. The summed E-state index contributed by atoms with van der Waals surface area (Å²) in [7, 11) is 0. The van der Waals surface area contributed by atoms with Crippen LogP contribution in [0.4, 0.5) is 5.69 Å². The number of non-ortho nitro benzene ring substituents is 1. The van der Waals surface area contributed by atoms with Gasteiger partial charge >= 0.3 is 0 Å². The van der Waals surface area contributed by atoms with E-state index in [1.54, 1.807) is 12.1 Å². The average Bonchev–Trinajstić information content (AvgIpc) is 3.29. The lowest BCUT2D eigenvalue weighted by Gasteiger charge is -2.38. The van der Waals surface area contributed by atoms with Crippen molar-refractivity contribution < 1.29 is 15.1 Å². The number of nitrogens with zero attached hydrogens (tertiary/aromatic N) is 6. The summed E-state index contributed by atoms with van der Waals surface area (Å²) < 4.78 is 1.47. The highest BCUT2D eigenvalue weighted by atomic mass is 32.1. The van der Waals surface area contributed by atoms with Gasteiger partial charge in [0.2, 0.25) is 10.8 Å². The number of aromatic nitrogens is 3. The standard InChI is InChI=1S/C19H24N6O4S/c1-2-15-20-19-24(21-15)18(27)17(30-19)16(13-3-5-14(6-4-13)25(28)29)23-9-7-22(8-10-23)11-12-26/h3-6,16,26-27H,2,7-12H2,1H3/t16-/m1/s1. The van der Waals surface area contributed by atoms with E-state index >= 15 is 0 Å². The minimum Gasteiger partial charge on any atom is -0.492 e. The van der Waals surface area contributed by atoms with Crippen molar-refractivity contribution in [3.63, 3.8) is 0 Å². The lowest BCUT2D eigenvalue weighted by atomic mass is 10.0. The molecule has 3 aromatic rings. The van der Waals surface area contributed by atoms with Crippen molar-refractivity contribution in [3.05, 3.63) is 50.6 Å². The Morgan fingerprint density at radius 2 is 1.93 bits per heavy atom. The Balaban J connectivity index is 1.71. The largest absolute Gasteiger partial charge is 0.492 e. The third-order valence-electron chi connectivity index (χ3n) is 5.42. The van der Waals surface area contributed by atoms with Crippen LogP contribution in [0, 0.1) is 10.1 Å². The number of nitro benzene ring substituents is 1. The van der Waals surface area contributed by atoms with E-state index in [1.807, 2.05) is 6.92 Å². The Kier molecular flexibility index (Phi) is 5.95. The second-order valence-corrected chi connectivity index (χ2v) is 8.23. The summed E-state index contributed by atoms with van der Waals surface area (Å²) >= 11 is 1.39. The molecule has 3 heterocycles. The van der Waals surface area contributed by atoms with Crippen LogP contribution in [0.15, 0.2) is 24.3 Å². The monoisotopic (exact) mass is 432 g/mol. The summed E-state index contributed by atoms with van der Waals surface area (Å²) in [5, 5.41) is 35.6. The number of hydrogen-bond donors (Lipinski definition) is 2. The van der Waals surface area contributed by atoms with Crippen molar-refractivity contribution in [3.8, 4) is 5.88 Å². The number of benzene rings is 1. The fraction of sp³-hybridized carbons (Fsp3) is 0.474. The van der Waals surface area contributed by atoms with E-state index in [-0.39, 0.29) is 24.2 Å². The Morgan fingerprint density at radius 1 is 1.23 bits per heavy atom. The van der Waals surface area contributed by atoms with Gasteiger partial charge in [-0.05, 0) is 5.56 Å². The molecule has 1 saturated heterocycles. The number of fused-ring (bicyclic) bond motifs is 1. The Bertz CT molecular complexity index is 1030. The minimum absolute atomic E-state index is 0.0322. The van der Waals surface area contributed by atoms with Gasteiger partial charge in [-0.3, -0.25) is 19.9 Å². The molecule has 2 N–H and O–H groups in total. The van der Waals surface area contributed by atoms with E-state index < -0.39 is 4.92 Å². The zero-order valence-corrected chi connectivity index (χ0v) is 17.5. The fourth-order valence-corrected chi connectivity index (χ4v) is 4.95. The number of aryl methyl sites for hydroxylation is 1. The SMILES string of the molecule is CCc1nc2sc([C@@H](c3ccc([N+](=O)[O-])cc3)N3CCN(CCO)CC3)c(O)n2n1. The van der Waals surface area contributed by atoms with Crippen molar-refractivity contribution >= 4 is 22.0 Å². The highest BCUT2D eigenvalue weighted by molar-refractivity contribution is 7.17. The average molecular weight is 433 g/mol. The molecule has 0 saturated carbocycles. The second kappa shape index (κ2) is 8.64. The lowest BCUT2D eigenvalue weighted by molar-refractivity contribution is -0.384. The molecule has 0 bridgehead atoms. The van der Waals surface area contributed by atoms with Crippen LogP contribution in [0.2, 0.25) is 0 Å². The smallest absolute Gasteiger partial charge is 0.269 e. The zero-order chi connectivity index (χ0) is 21.3. The van der Waals surface area contributed by atoms with Gasteiger partial charge in [0.1, 0.15) is 0 Å². The molecule has 1 aliphatic rings. The highest BCUT2D eigenvalue weighted by Gasteiger charge is 2.32. The van der Waals surface area contributed by atoms with Gasteiger partial charge in [-0.25, -0.2) is 4.98 Å². The Morgan fingerprint density at radius 3 is 2.50 bits per heavy atom. The molecular weight excluding hydrogens is 408 g/mol. The molecule has 11 heteroatoms. The van der Waals surface area contributed by atoms with Crippen molar-refractivity contribution in [1.29, 1.82) is 0 Å². The number of aliphatic hydroxyl groups is 1. The fourth-order valence-electron chi connectivity index (χ4n) is 3.81. The van der Waals surface area contributed by atoms with Crippen LogP contribution in [0.5, 0.6) is 5.88 Å². The summed E-state index contributed by atoms with van der Waals surface area (Å²) in [5.41, 5.74) is 0.899. The van der Waals surface area contributed by atoms with Gasteiger partial charge in [-0.15, -0.1) is 5.10 Å². The molecule has 0 radical (unpaired) electrons. The van der Waals surface area contributed by atoms with Crippen molar-refractivity contribution in [2.75, 3.05) is 39.3 Å². The van der Waals surface area contributed by atoms with Crippen LogP contribution < -0.4 is 0 Å². The van der Waals surface area contributed by atoms with Gasteiger partial charge in [0.25, 0.3) is 5.69 Å². The number of rotatable bonds is 7. The van der Waals surface area contributed by atoms with Gasteiger partial charge in [-0.1, -0.05) is 30.4 Å². The molecule has 1 fully saturated rings. The molecule has 2 aromatic heterocycles. The number of β-amino-alcohol motifs (C(OH)–C–C–N with tert-alkyl or cyclic N) is 1. The van der Waals surface area contributed by atoms with Crippen LogP contribution >= 0.6 is 11.3 Å². The first-order chi connectivity index (χ1) is 14.5. The third kappa shape index (κ3) is 3.88. The number of nitro groups is 1. The minimum atomic E-state index is -0.417. The van der Waals surface area contributed by atoms with Gasteiger partial charge in [-0.2, -0.15) is 4.52 Å². The molecule has 1 atom stereocenters. The molecule has 0 unspecified atom stereocenters. The van der Waals surface area contributed by atoms with Crippen molar-refractivity contribution in [2.45, 2.75) is 19.4 Å². The first-order valence-corrected chi connectivity index (χ1v) is 10.7. The second-order valence-electron chi connectivity index (χ2n) is 7.22. The number of hydrogen-bond acceptors (Lipinski definition) is 9. The van der Waals surface area contributed by atoms with Gasteiger partial charge in [0.15, 0.2) is 5.82 Å². The first kappa shape index (κ1) is 20.7. The summed E-state index contributed by atoms with van der Waals surface area (Å²) in [4.78, 5) is 20.9. The van der Waals surface area contributed by atoms with Crippen molar-refractivity contribution in [1.82, 2.24) is 24.4 Å². The van der Waals surface area contributed by atoms with Gasteiger partial charge in [0, 0.05) is 51.3 Å². The maximum Gasteiger partial charge on any atom is 0.269 e. The molecule has 10 nitrogen and oxygen atoms in total. The number of piperazine rings is 1. The molecular formula is C19H24N6O4S. The molecule has 0 amide bonds. The maximum absolute atomic E-state index is 11.1. The number of aromatic hydroxyl groups is 1. The highest BCUT2D eigenvalue weighted by Crippen LogP contribution is 2.40.